The number of benzene rings is 10. The molecule has 0 aliphatic carbocycles. The van der Waals surface area contributed by atoms with Gasteiger partial charge in [-0.25, -0.2) is 0 Å². The van der Waals surface area contributed by atoms with Crippen molar-refractivity contribution >= 4 is 70.1 Å². The second kappa shape index (κ2) is 14.4. The zero-order valence-electron chi connectivity index (χ0n) is 31.7. The molecule has 1 aromatic heterocycles. The molecule has 0 spiro atoms. The highest BCUT2D eigenvalue weighted by Gasteiger charge is 2.15. The first-order valence-electron chi connectivity index (χ1n) is 19.8. The van der Waals surface area contributed by atoms with Gasteiger partial charge in [0.2, 0.25) is 0 Å². The largest absolute Gasteiger partial charge is 0.311 e. The summed E-state index contributed by atoms with van der Waals surface area (Å²) in [7, 11) is 0. The molecule has 10 aromatic carbocycles. The van der Waals surface area contributed by atoms with Crippen LogP contribution in [0.25, 0.3) is 86.2 Å². The highest BCUT2D eigenvalue weighted by atomic mass is 32.1. The molecule has 58 heavy (non-hydrogen) atoms. The summed E-state index contributed by atoms with van der Waals surface area (Å²) in [6.45, 7) is 0. The summed E-state index contributed by atoms with van der Waals surface area (Å²) in [5.41, 5.74) is 13.0. The minimum absolute atomic E-state index is 1.10. The zero-order chi connectivity index (χ0) is 38.4. The number of thiophene rings is 1. The Bertz CT molecular complexity index is 3130. The van der Waals surface area contributed by atoms with Crippen LogP contribution in [0.4, 0.5) is 17.1 Å². The predicted octanol–water partition coefficient (Wildman–Crippen LogP) is 16.5. The van der Waals surface area contributed by atoms with Gasteiger partial charge in [0.15, 0.2) is 0 Å². The van der Waals surface area contributed by atoms with Gasteiger partial charge < -0.3 is 4.90 Å². The Labute approximate surface area is 342 Å². The lowest BCUT2D eigenvalue weighted by molar-refractivity contribution is 1.28. The average Bonchev–Trinajstić information content (AvgIpc) is 3.68. The van der Waals surface area contributed by atoms with Crippen molar-refractivity contribution in [1.29, 1.82) is 0 Å². The maximum atomic E-state index is 2.36. The van der Waals surface area contributed by atoms with Crippen molar-refractivity contribution < 1.29 is 0 Å². The lowest BCUT2D eigenvalue weighted by Gasteiger charge is -2.26. The summed E-state index contributed by atoms with van der Waals surface area (Å²) >= 11 is 1.87. The van der Waals surface area contributed by atoms with Gasteiger partial charge in [-0.05, 0) is 121 Å². The molecule has 0 saturated carbocycles. The van der Waals surface area contributed by atoms with E-state index >= 15 is 0 Å². The highest BCUT2D eigenvalue weighted by molar-refractivity contribution is 7.25. The van der Waals surface area contributed by atoms with Crippen LogP contribution in [0.3, 0.4) is 0 Å². The van der Waals surface area contributed by atoms with Gasteiger partial charge in [0.1, 0.15) is 0 Å². The average molecular weight is 756 g/mol. The molecule has 0 saturated heterocycles. The fourth-order valence-electron chi connectivity index (χ4n) is 8.57. The molecule has 11 rings (SSSR count). The van der Waals surface area contributed by atoms with Crippen LogP contribution in [0.1, 0.15) is 0 Å². The van der Waals surface area contributed by atoms with E-state index in [0.29, 0.717) is 0 Å². The minimum Gasteiger partial charge on any atom is -0.311 e. The summed E-state index contributed by atoms with van der Waals surface area (Å²) in [4.78, 5) is 2.36. The molecule has 0 aliphatic rings. The second-order valence-corrected chi connectivity index (χ2v) is 16.0. The van der Waals surface area contributed by atoms with E-state index in [9.17, 15) is 0 Å². The first kappa shape index (κ1) is 34.0. The van der Waals surface area contributed by atoms with E-state index in [1.807, 2.05) is 11.3 Å². The van der Waals surface area contributed by atoms with Crippen LogP contribution in [0.15, 0.2) is 224 Å². The van der Waals surface area contributed by atoms with E-state index in [2.05, 4.69) is 229 Å². The number of hydrogen-bond donors (Lipinski definition) is 0. The Kier molecular flexibility index (Phi) is 8.42. The topological polar surface area (TPSA) is 3.24 Å². The molecule has 0 amide bonds. The molecule has 1 heterocycles. The molecule has 0 unspecified atom stereocenters. The van der Waals surface area contributed by atoms with Crippen LogP contribution in [0.2, 0.25) is 0 Å². The van der Waals surface area contributed by atoms with Crippen molar-refractivity contribution in [2.45, 2.75) is 0 Å². The van der Waals surface area contributed by atoms with Crippen LogP contribution < -0.4 is 4.90 Å². The summed E-state index contributed by atoms with van der Waals surface area (Å²) in [6.07, 6.45) is 0. The van der Waals surface area contributed by atoms with E-state index in [4.69, 9.17) is 0 Å². The van der Waals surface area contributed by atoms with E-state index in [1.165, 1.54) is 86.2 Å². The zero-order valence-corrected chi connectivity index (χ0v) is 32.5. The fraction of sp³-hybridized carbons (Fsp3) is 0. The van der Waals surface area contributed by atoms with Gasteiger partial charge in [0.05, 0.1) is 0 Å². The first-order chi connectivity index (χ1) is 28.7. The van der Waals surface area contributed by atoms with Crippen LogP contribution in [0.5, 0.6) is 0 Å². The number of hydrogen-bond acceptors (Lipinski definition) is 2. The van der Waals surface area contributed by atoms with E-state index < -0.39 is 0 Å². The second-order valence-electron chi connectivity index (χ2n) is 14.9. The quantitative estimate of drug-likeness (QED) is 0.157. The summed E-state index contributed by atoms with van der Waals surface area (Å²) in [6, 6.07) is 81.9. The predicted molar refractivity (Wildman–Crippen MR) is 251 cm³/mol. The van der Waals surface area contributed by atoms with Crippen LogP contribution >= 0.6 is 11.3 Å². The van der Waals surface area contributed by atoms with Crippen molar-refractivity contribution in [2.75, 3.05) is 4.90 Å². The normalized spacial score (nSPS) is 11.4. The number of nitrogens with zero attached hydrogens (tertiary/aromatic N) is 1. The van der Waals surface area contributed by atoms with Crippen LogP contribution in [-0.4, -0.2) is 0 Å². The van der Waals surface area contributed by atoms with Gasteiger partial charge in [-0.15, -0.1) is 11.3 Å². The van der Waals surface area contributed by atoms with Gasteiger partial charge in [0, 0.05) is 37.2 Å². The maximum Gasteiger partial charge on any atom is 0.0462 e. The molecule has 0 aliphatic heterocycles. The molecule has 0 radical (unpaired) electrons. The Morgan fingerprint density at radius 1 is 0.259 bits per heavy atom. The van der Waals surface area contributed by atoms with Crippen molar-refractivity contribution in [3.63, 3.8) is 0 Å². The molecule has 1 nitrogen and oxygen atoms in total. The molecule has 0 N–H and O–H groups in total. The van der Waals surface area contributed by atoms with Crippen molar-refractivity contribution in [3.8, 4) is 44.5 Å². The van der Waals surface area contributed by atoms with E-state index in [-0.39, 0.29) is 0 Å². The van der Waals surface area contributed by atoms with Gasteiger partial charge in [-0.2, -0.15) is 0 Å². The summed E-state index contributed by atoms with van der Waals surface area (Å²) in [5.74, 6) is 0. The lowest BCUT2D eigenvalue weighted by Crippen LogP contribution is -2.09. The van der Waals surface area contributed by atoms with Crippen LogP contribution in [0, 0.1) is 0 Å². The van der Waals surface area contributed by atoms with Crippen molar-refractivity contribution in [1.82, 2.24) is 0 Å². The number of rotatable bonds is 7. The van der Waals surface area contributed by atoms with Crippen molar-refractivity contribution in [3.05, 3.63) is 224 Å². The van der Waals surface area contributed by atoms with E-state index in [1.54, 1.807) is 0 Å². The molecule has 2 heteroatoms. The van der Waals surface area contributed by atoms with Gasteiger partial charge >= 0.3 is 0 Å². The Balaban J connectivity index is 0.954. The Morgan fingerprint density at radius 3 is 1.26 bits per heavy atom. The Morgan fingerprint density at radius 2 is 0.672 bits per heavy atom. The van der Waals surface area contributed by atoms with Crippen LogP contribution in [-0.2, 0) is 0 Å². The van der Waals surface area contributed by atoms with Crippen molar-refractivity contribution in [2.24, 2.45) is 0 Å². The minimum atomic E-state index is 1.10. The SMILES string of the molecule is c1cc(-c2ccc(N(c3ccc(-c4cccc5ccccc45)cc3)c3ccc(-c4cccc5ccccc45)cc3)cc2)cc(-c2ccc3c(c2)sc2ccccc23)c1. The first-order valence-corrected chi connectivity index (χ1v) is 20.6. The molecular formula is C56H37NS. The molecule has 272 valence electrons. The number of anilines is 3. The molecule has 0 bridgehead atoms. The third-order valence-corrected chi connectivity index (χ3v) is 12.6. The lowest BCUT2D eigenvalue weighted by atomic mass is 9.97. The standard InChI is InChI=1S/C56H37NS/c1-3-16-49-39(10-1)12-8-19-51(49)41-24-31-47(32-25-41)57(48-33-26-42(27-34-48)52-20-9-13-40-11-2-4-17-50(40)52)46-29-22-38(23-30-46)43-14-7-15-44(36-43)45-28-35-54-53-18-5-6-21-55(53)58-56(54)37-45/h1-37H. The summed E-state index contributed by atoms with van der Waals surface area (Å²) in [5, 5.41) is 7.68. The molecule has 0 fully saturated rings. The highest BCUT2D eigenvalue weighted by Crippen LogP contribution is 2.40. The Hall–Kier alpha value is -7.26. The fourth-order valence-corrected chi connectivity index (χ4v) is 9.71. The molecular weight excluding hydrogens is 719 g/mol. The maximum absolute atomic E-state index is 2.36. The van der Waals surface area contributed by atoms with E-state index in [0.717, 1.165) is 17.1 Å². The van der Waals surface area contributed by atoms with Gasteiger partial charge in [-0.1, -0.05) is 170 Å². The van der Waals surface area contributed by atoms with Gasteiger partial charge in [-0.3, -0.25) is 0 Å². The van der Waals surface area contributed by atoms with Gasteiger partial charge in [0.25, 0.3) is 0 Å². The smallest absolute Gasteiger partial charge is 0.0462 e. The monoisotopic (exact) mass is 755 g/mol. The molecule has 11 aromatic rings. The molecule has 0 atom stereocenters. The summed E-state index contributed by atoms with van der Waals surface area (Å²) < 4.78 is 2.66. The third kappa shape index (κ3) is 6.12. The third-order valence-electron chi connectivity index (χ3n) is 11.5. The number of fused-ring (bicyclic) bond motifs is 5.